The van der Waals surface area contributed by atoms with Gasteiger partial charge in [-0.2, -0.15) is 0 Å². The van der Waals surface area contributed by atoms with Crippen LogP contribution in [0.4, 0.5) is 4.39 Å². The lowest BCUT2D eigenvalue weighted by molar-refractivity contribution is -0.121. The van der Waals surface area contributed by atoms with E-state index >= 15 is 0 Å². The molecule has 0 aliphatic carbocycles. The number of aromatic nitrogens is 1. The van der Waals surface area contributed by atoms with Gasteiger partial charge in [-0.25, -0.2) is 4.39 Å². The standard InChI is InChI=1S/C15H19FN2O/c1-11(2)5-7-17-15(19)10-18-8-6-12-3-4-13(16)9-14(12)18/h3-4,6,8-9,11H,5,7,10H2,1-2H3,(H,17,19). The number of halogens is 1. The molecule has 1 aromatic heterocycles. The fraction of sp³-hybridized carbons (Fsp3) is 0.400. The second kappa shape index (κ2) is 5.87. The zero-order chi connectivity index (χ0) is 13.8. The highest BCUT2D eigenvalue weighted by Gasteiger charge is 2.07. The van der Waals surface area contributed by atoms with Gasteiger partial charge in [0.05, 0.1) is 5.52 Å². The quantitative estimate of drug-likeness (QED) is 0.883. The van der Waals surface area contributed by atoms with Gasteiger partial charge in [-0.15, -0.1) is 0 Å². The molecule has 102 valence electrons. The lowest BCUT2D eigenvalue weighted by Crippen LogP contribution is -2.28. The molecule has 1 amide bonds. The molecule has 0 atom stereocenters. The molecule has 0 bridgehead atoms. The van der Waals surface area contributed by atoms with Crippen LogP contribution in [0.2, 0.25) is 0 Å². The number of carbonyl (C=O) groups excluding carboxylic acids is 1. The van der Waals surface area contributed by atoms with E-state index in [1.165, 1.54) is 12.1 Å². The van der Waals surface area contributed by atoms with Crippen molar-refractivity contribution in [3.05, 3.63) is 36.3 Å². The number of carbonyl (C=O) groups is 1. The SMILES string of the molecule is CC(C)CCNC(=O)Cn1ccc2ccc(F)cc21. The summed E-state index contributed by atoms with van der Waals surface area (Å²) >= 11 is 0. The average Bonchev–Trinajstić information content (AvgIpc) is 2.71. The van der Waals surface area contributed by atoms with Gasteiger partial charge in [-0.3, -0.25) is 4.79 Å². The first-order valence-corrected chi connectivity index (χ1v) is 6.57. The Balaban J connectivity index is 2.01. The second-order valence-electron chi connectivity index (χ2n) is 5.18. The molecule has 4 heteroatoms. The van der Waals surface area contributed by atoms with Crippen LogP contribution in [0.5, 0.6) is 0 Å². The predicted octanol–water partition coefficient (Wildman–Crippen LogP) is 2.94. The van der Waals surface area contributed by atoms with Crippen molar-refractivity contribution in [2.75, 3.05) is 6.54 Å². The van der Waals surface area contributed by atoms with Crippen molar-refractivity contribution in [3.8, 4) is 0 Å². The van der Waals surface area contributed by atoms with E-state index in [0.29, 0.717) is 12.5 Å². The van der Waals surface area contributed by atoms with Crippen LogP contribution in [0, 0.1) is 11.7 Å². The normalized spacial score (nSPS) is 11.2. The number of fused-ring (bicyclic) bond motifs is 1. The van der Waals surface area contributed by atoms with E-state index in [9.17, 15) is 9.18 Å². The fourth-order valence-corrected chi connectivity index (χ4v) is 2.01. The Morgan fingerprint density at radius 3 is 2.89 bits per heavy atom. The van der Waals surface area contributed by atoms with Crippen molar-refractivity contribution in [2.24, 2.45) is 5.92 Å². The van der Waals surface area contributed by atoms with Crippen LogP contribution in [0.3, 0.4) is 0 Å². The zero-order valence-electron chi connectivity index (χ0n) is 11.3. The van der Waals surface area contributed by atoms with Gasteiger partial charge in [0.25, 0.3) is 0 Å². The third-order valence-corrected chi connectivity index (χ3v) is 3.09. The maximum absolute atomic E-state index is 13.2. The van der Waals surface area contributed by atoms with E-state index in [0.717, 1.165) is 17.3 Å². The molecule has 19 heavy (non-hydrogen) atoms. The third kappa shape index (κ3) is 3.56. The molecule has 0 fully saturated rings. The van der Waals surface area contributed by atoms with Crippen LogP contribution in [0.15, 0.2) is 30.5 Å². The highest BCUT2D eigenvalue weighted by Crippen LogP contribution is 2.16. The minimum Gasteiger partial charge on any atom is -0.355 e. The van der Waals surface area contributed by atoms with Gasteiger partial charge in [0.15, 0.2) is 0 Å². The van der Waals surface area contributed by atoms with E-state index < -0.39 is 0 Å². The summed E-state index contributed by atoms with van der Waals surface area (Å²) < 4.78 is 15.0. The molecule has 2 aromatic rings. The topological polar surface area (TPSA) is 34.0 Å². The van der Waals surface area contributed by atoms with Crippen molar-refractivity contribution >= 4 is 16.8 Å². The van der Waals surface area contributed by atoms with Gasteiger partial charge in [0.2, 0.25) is 5.91 Å². The summed E-state index contributed by atoms with van der Waals surface area (Å²) in [7, 11) is 0. The average molecular weight is 262 g/mol. The van der Waals surface area contributed by atoms with Gasteiger partial charge in [0.1, 0.15) is 12.4 Å². The van der Waals surface area contributed by atoms with Crippen molar-refractivity contribution in [2.45, 2.75) is 26.8 Å². The highest BCUT2D eigenvalue weighted by atomic mass is 19.1. The van der Waals surface area contributed by atoms with Gasteiger partial charge >= 0.3 is 0 Å². The smallest absolute Gasteiger partial charge is 0.239 e. The summed E-state index contributed by atoms with van der Waals surface area (Å²) in [5, 5.41) is 3.82. The molecule has 1 heterocycles. The zero-order valence-corrected chi connectivity index (χ0v) is 11.3. The molecule has 3 nitrogen and oxygen atoms in total. The van der Waals surface area contributed by atoms with E-state index in [-0.39, 0.29) is 18.3 Å². The minimum absolute atomic E-state index is 0.0394. The number of hydrogen-bond donors (Lipinski definition) is 1. The van der Waals surface area contributed by atoms with Crippen LogP contribution in [0.25, 0.3) is 10.9 Å². The van der Waals surface area contributed by atoms with Gasteiger partial charge in [0, 0.05) is 12.7 Å². The molecule has 0 unspecified atom stereocenters. The summed E-state index contributed by atoms with van der Waals surface area (Å²) in [6.45, 7) is 5.15. The molecule has 0 radical (unpaired) electrons. The number of nitrogens with one attached hydrogen (secondary N) is 1. The van der Waals surface area contributed by atoms with Crippen LogP contribution in [-0.2, 0) is 11.3 Å². The summed E-state index contributed by atoms with van der Waals surface area (Å²) in [5.74, 6) is 0.247. The Morgan fingerprint density at radius 1 is 1.37 bits per heavy atom. The molecular formula is C15H19FN2O. The minimum atomic E-state index is -0.285. The summed E-state index contributed by atoms with van der Waals surface area (Å²) in [6.07, 6.45) is 2.78. The van der Waals surface area contributed by atoms with Crippen LogP contribution in [-0.4, -0.2) is 17.0 Å². The monoisotopic (exact) mass is 262 g/mol. The van der Waals surface area contributed by atoms with Crippen LogP contribution >= 0.6 is 0 Å². The van der Waals surface area contributed by atoms with Crippen LogP contribution in [0.1, 0.15) is 20.3 Å². The Kier molecular flexibility index (Phi) is 4.20. The molecule has 0 aliphatic rings. The molecule has 1 aromatic carbocycles. The molecule has 0 saturated heterocycles. The first-order chi connectivity index (χ1) is 9.06. The molecule has 2 rings (SSSR count). The van der Waals surface area contributed by atoms with E-state index in [1.807, 2.05) is 12.3 Å². The van der Waals surface area contributed by atoms with E-state index in [1.54, 1.807) is 10.6 Å². The summed E-state index contributed by atoms with van der Waals surface area (Å²) in [5.41, 5.74) is 0.749. The molecule has 1 N–H and O–H groups in total. The van der Waals surface area contributed by atoms with E-state index in [4.69, 9.17) is 0 Å². The predicted molar refractivity (Wildman–Crippen MR) is 74.4 cm³/mol. The molecule has 0 saturated carbocycles. The first-order valence-electron chi connectivity index (χ1n) is 6.57. The molecule has 0 spiro atoms. The van der Waals surface area contributed by atoms with Gasteiger partial charge < -0.3 is 9.88 Å². The fourth-order valence-electron chi connectivity index (χ4n) is 2.01. The Hall–Kier alpha value is -1.84. The lowest BCUT2D eigenvalue weighted by atomic mass is 10.1. The Bertz CT molecular complexity index is 575. The second-order valence-corrected chi connectivity index (χ2v) is 5.18. The first kappa shape index (κ1) is 13.6. The number of rotatable bonds is 5. The number of hydrogen-bond acceptors (Lipinski definition) is 1. The summed E-state index contributed by atoms with van der Waals surface area (Å²) in [4.78, 5) is 11.8. The van der Waals surface area contributed by atoms with Crippen molar-refractivity contribution in [1.82, 2.24) is 9.88 Å². The Labute approximate surface area is 112 Å². The van der Waals surface area contributed by atoms with Gasteiger partial charge in [-0.1, -0.05) is 13.8 Å². The van der Waals surface area contributed by atoms with Crippen LogP contribution < -0.4 is 5.32 Å². The number of amides is 1. The Morgan fingerprint density at radius 2 is 2.16 bits per heavy atom. The largest absolute Gasteiger partial charge is 0.355 e. The van der Waals surface area contributed by atoms with Crippen molar-refractivity contribution < 1.29 is 9.18 Å². The maximum atomic E-state index is 13.2. The number of benzene rings is 1. The van der Waals surface area contributed by atoms with Gasteiger partial charge in [-0.05, 0) is 42.0 Å². The van der Waals surface area contributed by atoms with Crippen molar-refractivity contribution in [1.29, 1.82) is 0 Å². The molecular weight excluding hydrogens is 243 g/mol. The van der Waals surface area contributed by atoms with Crippen molar-refractivity contribution in [3.63, 3.8) is 0 Å². The molecule has 0 aliphatic heterocycles. The lowest BCUT2D eigenvalue weighted by Gasteiger charge is -2.08. The highest BCUT2D eigenvalue weighted by molar-refractivity contribution is 5.83. The van der Waals surface area contributed by atoms with E-state index in [2.05, 4.69) is 19.2 Å². The number of nitrogens with zero attached hydrogens (tertiary/aromatic N) is 1. The third-order valence-electron chi connectivity index (χ3n) is 3.09. The maximum Gasteiger partial charge on any atom is 0.239 e. The summed E-state index contributed by atoms with van der Waals surface area (Å²) in [6, 6.07) is 6.49.